The topological polar surface area (TPSA) is 37.4 Å². The van der Waals surface area contributed by atoms with Crippen molar-refractivity contribution in [2.24, 2.45) is 0 Å². The van der Waals surface area contributed by atoms with Crippen molar-refractivity contribution in [3.63, 3.8) is 0 Å². The molecule has 2 atom stereocenters. The van der Waals surface area contributed by atoms with Crippen molar-refractivity contribution >= 4 is 24.0 Å². The number of aldehydes is 1. The van der Waals surface area contributed by atoms with Crippen LogP contribution in [0.15, 0.2) is 47.4 Å². The van der Waals surface area contributed by atoms with E-state index in [1.807, 2.05) is 13.0 Å². The van der Waals surface area contributed by atoms with Gasteiger partial charge in [-0.1, -0.05) is 12.1 Å². The highest BCUT2D eigenvalue weighted by atomic mass is 32.2. The summed E-state index contributed by atoms with van der Waals surface area (Å²) in [4.78, 5) is 27.0. The largest absolute Gasteiger partial charge is 0.338 e. The van der Waals surface area contributed by atoms with Crippen LogP contribution in [0.2, 0.25) is 0 Å². The van der Waals surface area contributed by atoms with Gasteiger partial charge in [0, 0.05) is 28.8 Å². The minimum absolute atomic E-state index is 0.113. The van der Waals surface area contributed by atoms with Crippen LogP contribution in [0.3, 0.4) is 0 Å². The number of benzene rings is 2. The smallest absolute Gasteiger partial charge is 0.254 e. The molecule has 1 aliphatic rings. The Morgan fingerprint density at radius 2 is 1.92 bits per heavy atom. The number of carbonyl (C=O) groups excluding carboxylic acids is 2. The normalized spacial score (nSPS) is 19.2. The fourth-order valence-electron chi connectivity index (χ4n) is 3.08. The summed E-state index contributed by atoms with van der Waals surface area (Å²) in [5, 5.41) is 0.281. The molecule has 1 fully saturated rings. The van der Waals surface area contributed by atoms with Crippen molar-refractivity contribution in [3.05, 3.63) is 65.0 Å². The molecular formula is C20H20FNO2S. The minimum atomic E-state index is -0.248. The van der Waals surface area contributed by atoms with Crippen molar-refractivity contribution in [1.29, 1.82) is 0 Å². The molecule has 1 amide bonds. The minimum Gasteiger partial charge on any atom is -0.338 e. The van der Waals surface area contributed by atoms with Crippen LogP contribution in [-0.4, -0.2) is 35.4 Å². The first-order valence-electron chi connectivity index (χ1n) is 8.25. The van der Waals surface area contributed by atoms with Gasteiger partial charge in [-0.2, -0.15) is 0 Å². The van der Waals surface area contributed by atoms with E-state index in [1.165, 1.54) is 12.1 Å². The Labute approximate surface area is 151 Å². The van der Waals surface area contributed by atoms with Crippen LogP contribution >= 0.6 is 11.8 Å². The van der Waals surface area contributed by atoms with Gasteiger partial charge in [-0.15, -0.1) is 11.8 Å². The average Bonchev–Trinajstić information content (AvgIpc) is 2.59. The number of carbonyl (C=O) groups is 2. The lowest BCUT2D eigenvalue weighted by Gasteiger charge is -2.42. The van der Waals surface area contributed by atoms with Crippen LogP contribution in [-0.2, 0) is 0 Å². The Morgan fingerprint density at radius 3 is 2.52 bits per heavy atom. The Balaban J connectivity index is 1.73. The summed E-state index contributed by atoms with van der Waals surface area (Å²) in [5.74, 6) is -0.372. The molecule has 0 aromatic heterocycles. The summed E-state index contributed by atoms with van der Waals surface area (Å²) >= 11 is 1.67. The van der Waals surface area contributed by atoms with Crippen LogP contribution in [0.25, 0.3) is 0 Å². The summed E-state index contributed by atoms with van der Waals surface area (Å²) in [6.07, 6.45) is 2.70. The summed E-state index contributed by atoms with van der Waals surface area (Å²) in [7, 11) is 1.79. The highest BCUT2D eigenvalue weighted by molar-refractivity contribution is 8.00. The SMILES string of the molecule is Cc1cccc(C(=O)N(C)C2CCC2Sc2ccc(F)cc2)c1C=O. The van der Waals surface area contributed by atoms with Gasteiger partial charge in [-0.3, -0.25) is 9.59 Å². The molecule has 5 heteroatoms. The predicted octanol–water partition coefficient (Wildman–Crippen LogP) is 4.34. The van der Waals surface area contributed by atoms with E-state index >= 15 is 0 Å². The average molecular weight is 357 g/mol. The fourth-order valence-corrected chi connectivity index (χ4v) is 4.46. The van der Waals surface area contributed by atoms with Gasteiger partial charge in [0.15, 0.2) is 6.29 Å². The maximum absolute atomic E-state index is 13.0. The molecule has 0 aliphatic heterocycles. The first kappa shape index (κ1) is 17.7. The van der Waals surface area contributed by atoms with E-state index in [4.69, 9.17) is 0 Å². The number of hydrogen-bond donors (Lipinski definition) is 0. The molecule has 130 valence electrons. The quantitative estimate of drug-likeness (QED) is 0.747. The van der Waals surface area contributed by atoms with E-state index in [0.29, 0.717) is 11.1 Å². The molecule has 2 aromatic rings. The number of rotatable bonds is 5. The Hall–Kier alpha value is -2.14. The Kier molecular flexibility index (Phi) is 5.23. The molecule has 0 saturated heterocycles. The van der Waals surface area contributed by atoms with Crippen molar-refractivity contribution in [3.8, 4) is 0 Å². The molecule has 0 heterocycles. The zero-order valence-electron chi connectivity index (χ0n) is 14.2. The van der Waals surface area contributed by atoms with E-state index in [9.17, 15) is 14.0 Å². The van der Waals surface area contributed by atoms with Gasteiger partial charge in [-0.25, -0.2) is 4.39 Å². The Bertz CT molecular complexity index is 791. The first-order valence-corrected chi connectivity index (χ1v) is 9.13. The summed E-state index contributed by atoms with van der Waals surface area (Å²) in [6.45, 7) is 1.83. The van der Waals surface area contributed by atoms with E-state index in [-0.39, 0.29) is 23.0 Å². The zero-order valence-corrected chi connectivity index (χ0v) is 15.1. The summed E-state index contributed by atoms with van der Waals surface area (Å²) in [5.41, 5.74) is 1.72. The van der Waals surface area contributed by atoms with E-state index in [0.717, 1.165) is 29.6 Å². The van der Waals surface area contributed by atoms with Gasteiger partial charge in [-0.05, 0) is 55.7 Å². The second kappa shape index (κ2) is 7.40. The third-order valence-corrected chi connectivity index (χ3v) is 6.16. The lowest BCUT2D eigenvalue weighted by atomic mass is 9.90. The number of amides is 1. The van der Waals surface area contributed by atoms with Gasteiger partial charge >= 0.3 is 0 Å². The summed E-state index contributed by atoms with van der Waals surface area (Å²) < 4.78 is 13.0. The van der Waals surface area contributed by atoms with Crippen molar-refractivity contribution in [2.45, 2.75) is 36.0 Å². The number of nitrogens with zero attached hydrogens (tertiary/aromatic N) is 1. The number of thioether (sulfide) groups is 1. The van der Waals surface area contributed by atoms with Gasteiger partial charge in [0.05, 0.1) is 5.56 Å². The molecule has 1 saturated carbocycles. The highest BCUT2D eigenvalue weighted by Crippen LogP contribution is 2.39. The second-order valence-corrected chi connectivity index (χ2v) is 7.64. The monoisotopic (exact) mass is 357 g/mol. The summed E-state index contributed by atoms with van der Waals surface area (Å²) in [6, 6.07) is 11.9. The number of aryl methyl sites for hydroxylation is 1. The second-order valence-electron chi connectivity index (χ2n) is 6.32. The lowest BCUT2D eigenvalue weighted by molar-refractivity contribution is 0.0661. The molecule has 1 aliphatic carbocycles. The van der Waals surface area contributed by atoms with Crippen LogP contribution in [0.5, 0.6) is 0 Å². The van der Waals surface area contributed by atoms with Crippen LogP contribution in [0.4, 0.5) is 4.39 Å². The fraction of sp³-hybridized carbons (Fsp3) is 0.300. The van der Waals surface area contributed by atoms with Crippen molar-refractivity contribution in [1.82, 2.24) is 4.90 Å². The van der Waals surface area contributed by atoms with Crippen LogP contribution in [0, 0.1) is 12.7 Å². The van der Waals surface area contributed by atoms with E-state index in [2.05, 4.69) is 0 Å². The maximum atomic E-state index is 13.0. The molecule has 0 radical (unpaired) electrons. The Morgan fingerprint density at radius 1 is 1.20 bits per heavy atom. The van der Waals surface area contributed by atoms with Crippen LogP contribution < -0.4 is 0 Å². The van der Waals surface area contributed by atoms with Crippen LogP contribution in [0.1, 0.15) is 39.1 Å². The lowest BCUT2D eigenvalue weighted by Crippen LogP contribution is -2.49. The molecular weight excluding hydrogens is 337 g/mol. The third kappa shape index (κ3) is 3.61. The zero-order chi connectivity index (χ0) is 18.0. The molecule has 0 spiro atoms. The predicted molar refractivity (Wildman–Crippen MR) is 97.7 cm³/mol. The van der Waals surface area contributed by atoms with Crippen molar-refractivity contribution < 1.29 is 14.0 Å². The van der Waals surface area contributed by atoms with Gasteiger partial charge in [0.1, 0.15) is 5.82 Å². The third-order valence-electron chi connectivity index (χ3n) is 4.77. The number of halogens is 1. The van der Waals surface area contributed by atoms with Gasteiger partial charge < -0.3 is 4.90 Å². The molecule has 2 unspecified atom stereocenters. The molecule has 3 rings (SSSR count). The maximum Gasteiger partial charge on any atom is 0.254 e. The van der Waals surface area contributed by atoms with E-state index in [1.54, 1.807) is 48.0 Å². The molecule has 0 N–H and O–H groups in total. The number of hydrogen-bond acceptors (Lipinski definition) is 3. The van der Waals surface area contributed by atoms with E-state index < -0.39 is 0 Å². The first-order chi connectivity index (χ1) is 12.0. The molecule has 2 aromatic carbocycles. The molecule has 3 nitrogen and oxygen atoms in total. The van der Waals surface area contributed by atoms with Gasteiger partial charge in [0.25, 0.3) is 5.91 Å². The molecule has 0 bridgehead atoms. The van der Waals surface area contributed by atoms with Gasteiger partial charge in [0.2, 0.25) is 0 Å². The van der Waals surface area contributed by atoms with Crippen molar-refractivity contribution in [2.75, 3.05) is 7.05 Å². The highest BCUT2D eigenvalue weighted by Gasteiger charge is 2.37. The standard InChI is InChI=1S/C20H20FNO2S/c1-13-4-3-5-16(17(13)12-23)20(24)22(2)18-10-11-19(18)25-15-8-6-14(21)7-9-15/h3-9,12,18-19H,10-11H2,1-2H3. The molecule has 25 heavy (non-hydrogen) atoms.